The van der Waals surface area contributed by atoms with Crippen LogP contribution in [0.15, 0.2) is 22.7 Å². The predicted octanol–water partition coefficient (Wildman–Crippen LogP) is 3.53. The maximum atomic E-state index is 4.29. The monoisotopic (exact) mass is 323 g/mol. The highest BCUT2D eigenvalue weighted by molar-refractivity contribution is 9.10. The fraction of sp³-hybridized carbons (Fsp3) is 0.385. The zero-order chi connectivity index (χ0) is 12.5. The summed E-state index contributed by atoms with van der Waals surface area (Å²) >= 11 is 5.23. The normalized spacial score (nSPS) is 15.0. The molecule has 1 aromatic heterocycles. The SMILES string of the molecule is Cc1c(Br)cccc1-c1nnc(CNC2CC2)s1. The van der Waals surface area contributed by atoms with E-state index in [1.165, 1.54) is 24.0 Å². The van der Waals surface area contributed by atoms with Gasteiger partial charge >= 0.3 is 0 Å². The van der Waals surface area contributed by atoms with Gasteiger partial charge in [0.1, 0.15) is 10.0 Å². The number of hydrogen-bond acceptors (Lipinski definition) is 4. The average molecular weight is 324 g/mol. The Kier molecular flexibility index (Phi) is 3.46. The first-order chi connectivity index (χ1) is 8.74. The van der Waals surface area contributed by atoms with Crippen molar-refractivity contribution in [3.63, 3.8) is 0 Å². The Hall–Kier alpha value is -0.780. The van der Waals surface area contributed by atoms with Crippen molar-refractivity contribution < 1.29 is 0 Å². The van der Waals surface area contributed by atoms with Crippen LogP contribution < -0.4 is 5.32 Å². The predicted molar refractivity (Wildman–Crippen MR) is 77.6 cm³/mol. The Morgan fingerprint density at radius 2 is 2.22 bits per heavy atom. The lowest BCUT2D eigenvalue weighted by atomic mass is 10.1. The van der Waals surface area contributed by atoms with Gasteiger partial charge in [-0.05, 0) is 31.4 Å². The minimum Gasteiger partial charge on any atom is -0.308 e. The van der Waals surface area contributed by atoms with Crippen molar-refractivity contribution in [2.45, 2.75) is 32.4 Å². The molecular weight excluding hydrogens is 310 g/mol. The molecule has 2 aromatic rings. The molecular formula is C13H14BrN3S. The summed E-state index contributed by atoms with van der Waals surface area (Å²) in [4.78, 5) is 0. The quantitative estimate of drug-likeness (QED) is 0.935. The molecule has 1 fully saturated rings. The molecule has 1 aromatic carbocycles. The minimum atomic E-state index is 0.713. The van der Waals surface area contributed by atoms with Gasteiger partial charge < -0.3 is 5.32 Å². The van der Waals surface area contributed by atoms with E-state index in [-0.39, 0.29) is 0 Å². The summed E-state index contributed by atoms with van der Waals surface area (Å²) in [5.41, 5.74) is 2.38. The molecule has 0 atom stereocenters. The molecule has 18 heavy (non-hydrogen) atoms. The van der Waals surface area contributed by atoms with E-state index >= 15 is 0 Å². The van der Waals surface area contributed by atoms with Crippen LogP contribution in [0.3, 0.4) is 0 Å². The second-order valence-electron chi connectivity index (χ2n) is 4.57. The highest BCUT2D eigenvalue weighted by Crippen LogP contribution is 2.30. The van der Waals surface area contributed by atoms with E-state index in [9.17, 15) is 0 Å². The Bertz CT molecular complexity index is 563. The third-order valence-corrected chi connectivity index (χ3v) is 4.90. The number of benzene rings is 1. The molecule has 1 heterocycles. The van der Waals surface area contributed by atoms with Crippen LogP contribution in [-0.4, -0.2) is 16.2 Å². The standard InChI is InChI=1S/C13H14BrN3S/c1-8-10(3-2-4-11(8)14)13-17-16-12(18-13)7-15-9-5-6-9/h2-4,9,15H,5-7H2,1H3. The van der Waals surface area contributed by atoms with Crippen LogP contribution in [0.1, 0.15) is 23.4 Å². The van der Waals surface area contributed by atoms with Crippen molar-refractivity contribution in [1.29, 1.82) is 0 Å². The van der Waals surface area contributed by atoms with Crippen LogP contribution in [0.4, 0.5) is 0 Å². The van der Waals surface area contributed by atoms with Crippen molar-refractivity contribution in [3.8, 4) is 10.6 Å². The Morgan fingerprint density at radius 3 is 3.00 bits per heavy atom. The lowest BCUT2D eigenvalue weighted by molar-refractivity contribution is 0.679. The van der Waals surface area contributed by atoms with Gasteiger partial charge in [-0.25, -0.2) is 0 Å². The number of aromatic nitrogens is 2. The lowest BCUT2D eigenvalue weighted by Crippen LogP contribution is -2.14. The van der Waals surface area contributed by atoms with Crippen molar-refractivity contribution in [1.82, 2.24) is 15.5 Å². The first-order valence-corrected chi connectivity index (χ1v) is 7.66. The first kappa shape index (κ1) is 12.3. The van der Waals surface area contributed by atoms with Crippen LogP contribution in [-0.2, 0) is 6.54 Å². The Balaban J connectivity index is 1.80. The number of hydrogen-bond donors (Lipinski definition) is 1. The molecule has 0 saturated heterocycles. The zero-order valence-corrected chi connectivity index (χ0v) is 12.5. The molecule has 3 nitrogen and oxygen atoms in total. The maximum Gasteiger partial charge on any atom is 0.148 e. The molecule has 5 heteroatoms. The molecule has 0 bridgehead atoms. The van der Waals surface area contributed by atoms with Gasteiger partial charge in [-0.3, -0.25) is 0 Å². The van der Waals surface area contributed by atoms with Gasteiger partial charge in [-0.2, -0.15) is 0 Å². The maximum absolute atomic E-state index is 4.29. The topological polar surface area (TPSA) is 37.8 Å². The molecule has 3 rings (SSSR count). The average Bonchev–Trinajstić information content (AvgIpc) is 3.08. The fourth-order valence-corrected chi connectivity index (χ4v) is 3.03. The number of rotatable bonds is 4. The van der Waals surface area contributed by atoms with Gasteiger partial charge in [-0.1, -0.05) is 39.4 Å². The second kappa shape index (κ2) is 5.07. The number of halogens is 1. The van der Waals surface area contributed by atoms with Gasteiger partial charge in [0.15, 0.2) is 0 Å². The van der Waals surface area contributed by atoms with Crippen LogP contribution in [0, 0.1) is 6.92 Å². The van der Waals surface area contributed by atoms with Crippen LogP contribution >= 0.6 is 27.3 Å². The van der Waals surface area contributed by atoms with E-state index in [0.29, 0.717) is 6.04 Å². The summed E-state index contributed by atoms with van der Waals surface area (Å²) in [5.74, 6) is 0. The van der Waals surface area contributed by atoms with Gasteiger partial charge in [0, 0.05) is 22.6 Å². The molecule has 1 saturated carbocycles. The molecule has 0 amide bonds. The van der Waals surface area contributed by atoms with Crippen molar-refractivity contribution in [3.05, 3.63) is 33.2 Å². The zero-order valence-electron chi connectivity index (χ0n) is 10.1. The van der Waals surface area contributed by atoms with Crippen molar-refractivity contribution in [2.24, 2.45) is 0 Å². The third-order valence-electron chi connectivity index (χ3n) is 3.08. The summed E-state index contributed by atoms with van der Waals surface area (Å²) in [5, 5.41) is 14.1. The summed E-state index contributed by atoms with van der Waals surface area (Å²) in [6.45, 7) is 2.94. The molecule has 0 unspecified atom stereocenters. The molecule has 1 aliphatic carbocycles. The molecule has 94 valence electrons. The van der Waals surface area contributed by atoms with E-state index in [1.807, 2.05) is 6.07 Å². The van der Waals surface area contributed by atoms with E-state index < -0.39 is 0 Å². The van der Waals surface area contributed by atoms with E-state index in [1.54, 1.807) is 11.3 Å². The largest absolute Gasteiger partial charge is 0.308 e. The van der Waals surface area contributed by atoms with Crippen molar-refractivity contribution in [2.75, 3.05) is 0 Å². The molecule has 0 aliphatic heterocycles. The summed E-state index contributed by atoms with van der Waals surface area (Å²) < 4.78 is 1.12. The molecule has 1 N–H and O–H groups in total. The Labute approximate surface area is 119 Å². The molecule has 0 radical (unpaired) electrons. The van der Waals surface area contributed by atoms with Crippen LogP contribution in [0.25, 0.3) is 10.6 Å². The smallest absolute Gasteiger partial charge is 0.148 e. The van der Waals surface area contributed by atoms with Gasteiger partial charge in [0.2, 0.25) is 0 Å². The second-order valence-corrected chi connectivity index (χ2v) is 6.48. The van der Waals surface area contributed by atoms with Gasteiger partial charge in [-0.15, -0.1) is 10.2 Å². The fourth-order valence-electron chi connectivity index (χ4n) is 1.79. The van der Waals surface area contributed by atoms with Gasteiger partial charge in [0.25, 0.3) is 0 Å². The minimum absolute atomic E-state index is 0.713. The van der Waals surface area contributed by atoms with E-state index in [2.05, 4.69) is 50.5 Å². The highest BCUT2D eigenvalue weighted by atomic mass is 79.9. The Morgan fingerprint density at radius 1 is 1.39 bits per heavy atom. The van der Waals surface area contributed by atoms with Crippen LogP contribution in [0.5, 0.6) is 0 Å². The number of nitrogens with zero attached hydrogens (tertiary/aromatic N) is 2. The summed E-state index contributed by atoms with van der Waals surface area (Å²) in [6.07, 6.45) is 2.60. The lowest BCUT2D eigenvalue weighted by Gasteiger charge is -2.03. The highest BCUT2D eigenvalue weighted by Gasteiger charge is 2.21. The third kappa shape index (κ3) is 2.63. The van der Waals surface area contributed by atoms with E-state index in [4.69, 9.17) is 0 Å². The number of nitrogens with one attached hydrogen (secondary N) is 1. The molecule has 0 spiro atoms. The first-order valence-electron chi connectivity index (χ1n) is 6.05. The van der Waals surface area contributed by atoms with Gasteiger partial charge in [0.05, 0.1) is 0 Å². The van der Waals surface area contributed by atoms with Crippen molar-refractivity contribution >= 4 is 27.3 Å². The van der Waals surface area contributed by atoms with E-state index in [0.717, 1.165) is 21.0 Å². The summed E-state index contributed by atoms with van der Waals surface area (Å²) in [7, 11) is 0. The molecule has 1 aliphatic rings. The van der Waals surface area contributed by atoms with Crippen LogP contribution in [0.2, 0.25) is 0 Å². The summed E-state index contributed by atoms with van der Waals surface area (Å²) in [6, 6.07) is 6.90.